The van der Waals surface area contributed by atoms with E-state index in [1.165, 1.54) is 6.92 Å². The van der Waals surface area contributed by atoms with Crippen molar-refractivity contribution in [2.75, 3.05) is 0 Å². The molecule has 100 valence electrons. The molecule has 0 spiro atoms. The average Bonchev–Trinajstić information content (AvgIpc) is 2.65. The van der Waals surface area contributed by atoms with E-state index in [1.807, 2.05) is 19.9 Å². The summed E-state index contributed by atoms with van der Waals surface area (Å²) in [5.41, 5.74) is 3.30. The molecule has 1 heterocycles. The quantitative estimate of drug-likeness (QED) is 0.789. The second-order valence-corrected chi connectivity index (χ2v) is 4.64. The van der Waals surface area contributed by atoms with Gasteiger partial charge in [0.1, 0.15) is 6.04 Å². The van der Waals surface area contributed by atoms with Gasteiger partial charge in [-0.1, -0.05) is 12.1 Å². The number of fused-ring (bicyclic) bond motifs is 1. The van der Waals surface area contributed by atoms with Crippen LogP contribution in [0.3, 0.4) is 0 Å². The van der Waals surface area contributed by atoms with Crippen LogP contribution in [0.15, 0.2) is 18.2 Å². The molecule has 1 amide bonds. The van der Waals surface area contributed by atoms with Crippen LogP contribution in [0.1, 0.15) is 28.5 Å². The Morgan fingerprint density at radius 1 is 1.32 bits per heavy atom. The van der Waals surface area contributed by atoms with E-state index in [9.17, 15) is 9.59 Å². The highest BCUT2D eigenvalue weighted by molar-refractivity contribution is 6.07. The summed E-state index contributed by atoms with van der Waals surface area (Å²) in [5.74, 6) is -1.44. The average molecular weight is 260 g/mol. The fraction of sp³-hybridized carbons (Fsp3) is 0.286. The molecule has 1 unspecified atom stereocenters. The molecule has 0 radical (unpaired) electrons. The van der Waals surface area contributed by atoms with E-state index in [4.69, 9.17) is 5.11 Å². The maximum Gasteiger partial charge on any atom is 0.325 e. The number of carbonyl (C=O) groups excluding carboxylic acids is 1. The van der Waals surface area contributed by atoms with Crippen molar-refractivity contribution in [1.82, 2.24) is 10.3 Å². The van der Waals surface area contributed by atoms with Crippen molar-refractivity contribution in [3.05, 3.63) is 35.0 Å². The predicted octanol–water partition coefficient (Wildman–Crippen LogP) is 1.99. The highest BCUT2D eigenvalue weighted by Gasteiger charge is 2.18. The zero-order valence-corrected chi connectivity index (χ0v) is 11.1. The smallest absolute Gasteiger partial charge is 0.325 e. The summed E-state index contributed by atoms with van der Waals surface area (Å²) in [6.07, 6.45) is 0. The van der Waals surface area contributed by atoms with E-state index in [0.29, 0.717) is 5.56 Å². The standard InChI is InChI=1S/C14H16N2O3/c1-7-8(2)15-12-10(7)5-4-6-11(12)13(17)16-9(3)14(18)19/h4-6,9,15H,1-3H3,(H,16,17)(H,18,19). The number of amides is 1. The SMILES string of the molecule is Cc1[nH]c2c(C(=O)NC(C)C(=O)O)cccc2c1C. The summed E-state index contributed by atoms with van der Waals surface area (Å²) in [4.78, 5) is 26.0. The van der Waals surface area contributed by atoms with Crippen molar-refractivity contribution >= 4 is 22.8 Å². The van der Waals surface area contributed by atoms with E-state index >= 15 is 0 Å². The van der Waals surface area contributed by atoms with Crippen molar-refractivity contribution < 1.29 is 14.7 Å². The summed E-state index contributed by atoms with van der Waals surface area (Å²) < 4.78 is 0. The molecule has 0 bridgehead atoms. The third-order valence-electron chi connectivity index (χ3n) is 3.31. The Bertz CT molecular complexity index is 658. The van der Waals surface area contributed by atoms with Crippen LogP contribution in [0.4, 0.5) is 0 Å². The van der Waals surface area contributed by atoms with Crippen LogP contribution in [0.5, 0.6) is 0 Å². The van der Waals surface area contributed by atoms with Crippen molar-refractivity contribution in [2.24, 2.45) is 0 Å². The van der Waals surface area contributed by atoms with Crippen LogP contribution in [0, 0.1) is 13.8 Å². The first-order chi connectivity index (χ1) is 8.91. The molecule has 1 atom stereocenters. The summed E-state index contributed by atoms with van der Waals surface area (Å²) >= 11 is 0. The van der Waals surface area contributed by atoms with Crippen molar-refractivity contribution in [3.8, 4) is 0 Å². The fourth-order valence-corrected chi connectivity index (χ4v) is 2.01. The lowest BCUT2D eigenvalue weighted by Gasteiger charge is -2.09. The zero-order chi connectivity index (χ0) is 14.2. The molecule has 0 aliphatic rings. The lowest BCUT2D eigenvalue weighted by molar-refractivity contribution is -0.138. The fourth-order valence-electron chi connectivity index (χ4n) is 2.01. The van der Waals surface area contributed by atoms with Gasteiger partial charge >= 0.3 is 5.97 Å². The Morgan fingerprint density at radius 2 is 2.00 bits per heavy atom. The van der Waals surface area contributed by atoms with E-state index in [-0.39, 0.29) is 5.91 Å². The Kier molecular flexibility index (Phi) is 3.29. The maximum absolute atomic E-state index is 12.1. The summed E-state index contributed by atoms with van der Waals surface area (Å²) in [6, 6.07) is 4.50. The molecule has 3 N–H and O–H groups in total. The number of hydrogen-bond donors (Lipinski definition) is 3. The van der Waals surface area contributed by atoms with Gasteiger partial charge in [0.2, 0.25) is 0 Å². The second-order valence-electron chi connectivity index (χ2n) is 4.64. The van der Waals surface area contributed by atoms with Crippen LogP contribution in [-0.2, 0) is 4.79 Å². The number of carboxylic acid groups (broad SMARTS) is 1. The number of H-pyrrole nitrogens is 1. The van der Waals surface area contributed by atoms with Crippen LogP contribution in [-0.4, -0.2) is 28.0 Å². The molecule has 2 rings (SSSR count). The normalized spacial score (nSPS) is 12.4. The molecule has 0 saturated heterocycles. The maximum atomic E-state index is 12.1. The first kappa shape index (κ1) is 13.1. The highest BCUT2D eigenvalue weighted by atomic mass is 16.4. The van der Waals surface area contributed by atoms with E-state index in [1.54, 1.807) is 12.1 Å². The number of aryl methyl sites for hydroxylation is 2. The molecule has 0 saturated carbocycles. The molecule has 2 aromatic rings. The Balaban J connectivity index is 2.43. The van der Waals surface area contributed by atoms with Gasteiger partial charge in [0, 0.05) is 11.1 Å². The summed E-state index contributed by atoms with van der Waals surface area (Å²) in [5, 5.41) is 12.3. The van der Waals surface area contributed by atoms with Gasteiger partial charge in [-0.25, -0.2) is 0 Å². The van der Waals surface area contributed by atoms with Gasteiger partial charge in [-0.05, 0) is 32.4 Å². The minimum Gasteiger partial charge on any atom is -0.480 e. The predicted molar refractivity (Wildman–Crippen MR) is 72.3 cm³/mol. The molecule has 1 aromatic carbocycles. The molecule has 5 heteroatoms. The molecular formula is C14H16N2O3. The topological polar surface area (TPSA) is 82.2 Å². The largest absolute Gasteiger partial charge is 0.480 e. The molecule has 5 nitrogen and oxygen atoms in total. The van der Waals surface area contributed by atoms with Gasteiger partial charge < -0.3 is 15.4 Å². The van der Waals surface area contributed by atoms with Crippen LogP contribution >= 0.6 is 0 Å². The van der Waals surface area contributed by atoms with Gasteiger partial charge in [0.15, 0.2) is 0 Å². The third-order valence-corrected chi connectivity index (χ3v) is 3.31. The Morgan fingerprint density at radius 3 is 2.63 bits per heavy atom. The number of carbonyl (C=O) groups is 2. The molecule has 19 heavy (non-hydrogen) atoms. The number of aromatic amines is 1. The van der Waals surface area contributed by atoms with Gasteiger partial charge in [0.25, 0.3) is 5.91 Å². The monoisotopic (exact) mass is 260 g/mol. The van der Waals surface area contributed by atoms with Crippen molar-refractivity contribution in [1.29, 1.82) is 0 Å². The van der Waals surface area contributed by atoms with Crippen molar-refractivity contribution in [3.63, 3.8) is 0 Å². The first-order valence-electron chi connectivity index (χ1n) is 6.03. The lowest BCUT2D eigenvalue weighted by atomic mass is 10.1. The van der Waals surface area contributed by atoms with Crippen molar-refractivity contribution in [2.45, 2.75) is 26.8 Å². The van der Waals surface area contributed by atoms with Crippen LogP contribution < -0.4 is 5.32 Å². The number of hydrogen-bond acceptors (Lipinski definition) is 2. The number of nitrogens with one attached hydrogen (secondary N) is 2. The van der Waals surface area contributed by atoms with Crippen LogP contribution in [0.25, 0.3) is 10.9 Å². The number of para-hydroxylation sites is 1. The Labute approximate surface area is 110 Å². The number of aromatic nitrogens is 1. The summed E-state index contributed by atoms with van der Waals surface area (Å²) in [6.45, 7) is 5.36. The summed E-state index contributed by atoms with van der Waals surface area (Å²) in [7, 11) is 0. The molecule has 0 aliphatic carbocycles. The van der Waals surface area contributed by atoms with Gasteiger partial charge in [0.05, 0.1) is 11.1 Å². The van der Waals surface area contributed by atoms with Gasteiger partial charge in [-0.3, -0.25) is 9.59 Å². The van der Waals surface area contributed by atoms with E-state index in [2.05, 4.69) is 10.3 Å². The lowest BCUT2D eigenvalue weighted by Crippen LogP contribution is -2.38. The third kappa shape index (κ3) is 2.31. The van der Waals surface area contributed by atoms with E-state index in [0.717, 1.165) is 22.2 Å². The highest BCUT2D eigenvalue weighted by Crippen LogP contribution is 2.24. The van der Waals surface area contributed by atoms with E-state index < -0.39 is 12.0 Å². The second kappa shape index (κ2) is 4.76. The molecular weight excluding hydrogens is 244 g/mol. The van der Waals surface area contributed by atoms with Gasteiger partial charge in [-0.15, -0.1) is 0 Å². The minimum atomic E-state index is -1.06. The van der Waals surface area contributed by atoms with Gasteiger partial charge in [-0.2, -0.15) is 0 Å². The molecule has 1 aromatic heterocycles. The molecule has 0 fully saturated rings. The van der Waals surface area contributed by atoms with Crippen LogP contribution in [0.2, 0.25) is 0 Å². The minimum absolute atomic E-state index is 0.387. The number of carboxylic acids is 1. The number of benzene rings is 1. The number of rotatable bonds is 3. The Hall–Kier alpha value is -2.30. The number of aliphatic carboxylic acids is 1. The first-order valence-corrected chi connectivity index (χ1v) is 6.03. The zero-order valence-electron chi connectivity index (χ0n) is 11.1. The molecule has 0 aliphatic heterocycles.